The number of piperidine rings is 1. The average Bonchev–Trinajstić information content (AvgIpc) is 2.74. The monoisotopic (exact) mass is 430 g/mol. The SMILES string of the molecule is CC(=O)Nc1cccc(C(C)OC(=O)C2CCN(S(=O)(=O)c3ccccc3)CC2)c1. The third-order valence-electron chi connectivity index (χ3n) is 5.14. The molecule has 3 rings (SSSR count). The summed E-state index contributed by atoms with van der Waals surface area (Å²) < 4.78 is 32.5. The van der Waals surface area contributed by atoms with Crippen LogP contribution in [0.2, 0.25) is 0 Å². The fraction of sp³-hybridized carbons (Fsp3) is 0.364. The molecule has 1 saturated heterocycles. The number of hydrogen-bond donors (Lipinski definition) is 1. The maximum Gasteiger partial charge on any atom is 0.309 e. The zero-order valence-corrected chi connectivity index (χ0v) is 17.9. The molecule has 1 N–H and O–H groups in total. The lowest BCUT2D eigenvalue weighted by molar-refractivity contribution is -0.155. The normalized spacial score (nSPS) is 16.6. The summed E-state index contributed by atoms with van der Waals surface area (Å²) in [6, 6.07) is 15.5. The molecule has 30 heavy (non-hydrogen) atoms. The second-order valence-corrected chi connectivity index (χ2v) is 9.32. The number of benzene rings is 2. The number of nitrogens with zero attached hydrogens (tertiary/aromatic N) is 1. The summed E-state index contributed by atoms with van der Waals surface area (Å²) in [7, 11) is -3.55. The van der Waals surface area contributed by atoms with Crippen molar-refractivity contribution in [2.75, 3.05) is 18.4 Å². The van der Waals surface area contributed by atoms with Crippen LogP contribution < -0.4 is 5.32 Å². The van der Waals surface area contributed by atoms with Crippen LogP contribution in [0.15, 0.2) is 59.5 Å². The van der Waals surface area contributed by atoms with E-state index in [-0.39, 0.29) is 35.8 Å². The Morgan fingerprint density at radius 1 is 1.07 bits per heavy atom. The van der Waals surface area contributed by atoms with Crippen molar-refractivity contribution in [1.29, 1.82) is 0 Å². The molecule has 1 unspecified atom stereocenters. The number of anilines is 1. The number of amides is 1. The van der Waals surface area contributed by atoms with E-state index >= 15 is 0 Å². The van der Waals surface area contributed by atoms with Gasteiger partial charge < -0.3 is 10.1 Å². The van der Waals surface area contributed by atoms with Crippen LogP contribution in [0, 0.1) is 5.92 Å². The van der Waals surface area contributed by atoms with E-state index in [0.717, 1.165) is 5.56 Å². The maximum absolute atomic E-state index is 12.7. The quantitative estimate of drug-likeness (QED) is 0.710. The molecule has 1 amide bonds. The highest BCUT2D eigenvalue weighted by Crippen LogP contribution is 2.27. The van der Waals surface area contributed by atoms with Crippen LogP contribution in [0.3, 0.4) is 0 Å². The van der Waals surface area contributed by atoms with E-state index < -0.39 is 16.1 Å². The van der Waals surface area contributed by atoms with Crippen molar-refractivity contribution in [1.82, 2.24) is 4.31 Å². The molecule has 1 fully saturated rings. The van der Waals surface area contributed by atoms with Crippen LogP contribution in [0.4, 0.5) is 5.69 Å². The molecule has 8 heteroatoms. The third kappa shape index (κ3) is 5.25. The van der Waals surface area contributed by atoms with E-state index in [1.807, 2.05) is 6.07 Å². The van der Waals surface area contributed by atoms with Gasteiger partial charge in [-0.1, -0.05) is 30.3 Å². The number of nitrogens with one attached hydrogen (secondary N) is 1. The Morgan fingerprint density at radius 3 is 2.37 bits per heavy atom. The van der Waals surface area contributed by atoms with Gasteiger partial charge in [-0.3, -0.25) is 9.59 Å². The summed E-state index contributed by atoms with van der Waals surface area (Å²) in [4.78, 5) is 24.1. The predicted octanol–water partition coefficient (Wildman–Crippen LogP) is 3.35. The van der Waals surface area contributed by atoms with Crippen LogP contribution in [-0.2, 0) is 24.3 Å². The molecule has 1 aliphatic heterocycles. The van der Waals surface area contributed by atoms with Gasteiger partial charge in [0.15, 0.2) is 0 Å². The number of rotatable bonds is 6. The molecule has 0 bridgehead atoms. The Hall–Kier alpha value is -2.71. The lowest BCUT2D eigenvalue weighted by Gasteiger charge is -2.30. The van der Waals surface area contributed by atoms with Gasteiger partial charge in [0.1, 0.15) is 6.10 Å². The summed E-state index contributed by atoms with van der Waals surface area (Å²) in [6.07, 6.45) is 0.366. The highest BCUT2D eigenvalue weighted by Gasteiger charge is 2.33. The zero-order chi connectivity index (χ0) is 21.7. The van der Waals surface area contributed by atoms with Gasteiger partial charge in [0, 0.05) is 25.7 Å². The fourth-order valence-corrected chi connectivity index (χ4v) is 4.98. The van der Waals surface area contributed by atoms with E-state index in [1.165, 1.54) is 11.2 Å². The molecule has 0 saturated carbocycles. The minimum absolute atomic E-state index is 0.172. The summed E-state index contributed by atoms with van der Waals surface area (Å²) >= 11 is 0. The smallest absolute Gasteiger partial charge is 0.309 e. The van der Waals surface area contributed by atoms with E-state index in [0.29, 0.717) is 18.5 Å². The number of hydrogen-bond acceptors (Lipinski definition) is 5. The Kier molecular flexibility index (Phi) is 6.89. The van der Waals surface area contributed by atoms with Gasteiger partial charge in [-0.2, -0.15) is 4.31 Å². The second-order valence-electron chi connectivity index (χ2n) is 7.38. The lowest BCUT2D eigenvalue weighted by atomic mass is 9.98. The summed E-state index contributed by atoms with van der Waals surface area (Å²) in [5.41, 5.74) is 1.42. The Balaban J connectivity index is 1.57. The van der Waals surface area contributed by atoms with Gasteiger partial charge >= 0.3 is 5.97 Å². The summed E-state index contributed by atoms with van der Waals surface area (Å²) in [6.45, 7) is 3.77. The highest BCUT2D eigenvalue weighted by molar-refractivity contribution is 7.89. The van der Waals surface area contributed by atoms with Gasteiger partial charge in [0.2, 0.25) is 15.9 Å². The van der Waals surface area contributed by atoms with Gasteiger partial charge in [-0.15, -0.1) is 0 Å². The number of carbonyl (C=O) groups excluding carboxylic acids is 2. The highest BCUT2D eigenvalue weighted by atomic mass is 32.2. The fourth-order valence-electron chi connectivity index (χ4n) is 3.48. The second kappa shape index (κ2) is 9.40. The molecule has 0 spiro atoms. The molecule has 160 valence electrons. The number of ether oxygens (including phenoxy) is 1. The first kappa shape index (κ1) is 22.0. The van der Waals surface area contributed by atoms with E-state index in [9.17, 15) is 18.0 Å². The average molecular weight is 431 g/mol. The molecule has 0 radical (unpaired) electrons. The molecule has 2 aromatic rings. The lowest BCUT2D eigenvalue weighted by Crippen LogP contribution is -2.40. The number of esters is 1. The minimum atomic E-state index is -3.55. The van der Waals surface area contributed by atoms with Crippen LogP contribution in [-0.4, -0.2) is 37.7 Å². The van der Waals surface area contributed by atoms with Crippen LogP contribution in [0.5, 0.6) is 0 Å². The first-order valence-electron chi connectivity index (χ1n) is 9.90. The zero-order valence-electron chi connectivity index (χ0n) is 17.1. The Bertz CT molecular complexity index is 999. The Morgan fingerprint density at radius 2 is 1.73 bits per heavy atom. The summed E-state index contributed by atoms with van der Waals surface area (Å²) in [5.74, 6) is -0.841. The topological polar surface area (TPSA) is 92.8 Å². The first-order valence-corrected chi connectivity index (χ1v) is 11.3. The van der Waals surface area contributed by atoms with E-state index in [1.54, 1.807) is 55.5 Å². The van der Waals surface area contributed by atoms with Gasteiger partial charge in [0.25, 0.3) is 0 Å². The molecule has 1 aliphatic rings. The molecular formula is C22H26N2O5S. The van der Waals surface area contributed by atoms with Crippen molar-refractivity contribution in [3.63, 3.8) is 0 Å². The Labute approximate surface area is 177 Å². The summed E-state index contributed by atoms with van der Waals surface area (Å²) in [5, 5.41) is 2.71. The van der Waals surface area contributed by atoms with Crippen molar-refractivity contribution in [2.45, 2.75) is 37.7 Å². The van der Waals surface area contributed by atoms with Crippen LogP contribution >= 0.6 is 0 Å². The van der Waals surface area contributed by atoms with Gasteiger partial charge in [-0.05, 0) is 49.6 Å². The van der Waals surface area contributed by atoms with E-state index in [4.69, 9.17) is 4.74 Å². The van der Waals surface area contributed by atoms with Crippen molar-refractivity contribution < 1.29 is 22.7 Å². The number of carbonyl (C=O) groups is 2. The molecular weight excluding hydrogens is 404 g/mol. The molecule has 7 nitrogen and oxygen atoms in total. The molecule has 1 heterocycles. The maximum atomic E-state index is 12.7. The van der Waals surface area contributed by atoms with Gasteiger partial charge in [0.05, 0.1) is 10.8 Å². The number of sulfonamides is 1. The molecule has 0 aromatic heterocycles. The molecule has 2 aromatic carbocycles. The van der Waals surface area contributed by atoms with Gasteiger partial charge in [-0.25, -0.2) is 8.42 Å². The van der Waals surface area contributed by atoms with Crippen LogP contribution in [0.1, 0.15) is 38.4 Å². The van der Waals surface area contributed by atoms with Crippen LogP contribution in [0.25, 0.3) is 0 Å². The third-order valence-corrected chi connectivity index (χ3v) is 7.05. The van der Waals surface area contributed by atoms with Crippen molar-refractivity contribution in [2.24, 2.45) is 5.92 Å². The van der Waals surface area contributed by atoms with Crippen molar-refractivity contribution >= 4 is 27.6 Å². The first-order chi connectivity index (χ1) is 14.3. The molecule has 1 atom stereocenters. The van der Waals surface area contributed by atoms with Crippen molar-refractivity contribution in [3.8, 4) is 0 Å². The standard InChI is InChI=1S/C22H26N2O5S/c1-16(19-7-6-8-20(15-19)23-17(2)25)29-22(26)18-11-13-24(14-12-18)30(27,28)21-9-4-3-5-10-21/h3-10,15-16,18H,11-14H2,1-2H3,(H,23,25). The minimum Gasteiger partial charge on any atom is -0.458 e. The van der Waals surface area contributed by atoms with E-state index in [2.05, 4.69) is 5.32 Å². The molecule has 0 aliphatic carbocycles. The largest absolute Gasteiger partial charge is 0.458 e. The van der Waals surface area contributed by atoms with Crippen molar-refractivity contribution in [3.05, 3.63) is 60.2 Å². The predicted molar refractivity (Wildman–Crippen MR) is 113 cm³/mol.